The fraction of sp³-hybridized carbons (Fsp3) is 0.278. The second kappa shape index (κ2) is 8.02. The summed E-state index contributed by atoms with van der Waals surface area (Å²) in [5.74, 6) is 0. The van der Waals surface area contributed by atoms with Crippen molar-refractivity contribution < 1.29 is 13.9 Å². The highest BCUT2D eigenvalue weighted by Crippen LogP contribution is 2.49. The third-order valence-electron chi connectivity index (χ3n) is 3.57. The first-order chi connectivity index (χ1) is 10.4. The summed E-state index contributed by atoms with van der Waals surface area (Å²) in [6, 6.07) is 12.6. The maximum absolute atomic E-state index is 13.3. The Balaban J connectivity index is 0.00000264. The third-order valence-corrected chi connectivity index (χ3v) is 5.92. The van der Waals surface area contributed by atoms with Crippen molar-refractivity contribution in [2.75, 3.05) is 6.61 Å². The molecular weight excluding hydrogens is 326 g/mol. The molecule has 0 N–H and O–H groups in total. The molecule has 2 aromatic rings. The lowest BCUT2D eigenvalue weighted by molar-refractivity contribution is 0.105. The lowest BCUT2D eigenvalue weighted by Gasteiger charge is -2.19. The molecule has 5 heteroatoms. The Hall–Kier alpha value is -1.27. The number of carbonyl (C=O) groups is 1. The third kappa shape index (κ3) is 3.98. The molecule has 2 atom stereocenters. The molecule has 124 valence electrons. The van der Waals surface area contributed by atoms with Gasteiger partial charge >= 0.3 is 7.37 Å². The predicted octanol–water partition coefficient (Wildman–Crippen LogP) is 4.45. The van der Waals surface area contributed by atoms with E-state index in [0.29, 0.717) is 10.9 Å². The van der Waals surface area contributed by atoms with Gasteiger partial charge in [-0.3, -0.25) is 9.36 Å². The summed E-state index contributed by atoms with van der Waals surface area (Å²) in [5.41, 5.74) is 2.83. The smallest absolute Gasteiger partial charge is 0.300 e. The Kier molecular flexibility index (Phi) is 6.89. The van der Waals surface area contributed by atoms with Crippen molar-refractivity contribution in [2.24, 2.45) is 0 Å². The summed E-state index contributed by atoms with van der Waals surface area (Å²) < 4.78 is 18.8. The predicted molar refractivity (Wildman–Crippen MR) is 101 cm³/mol. The van der Waals surface area contributed by atoms with Crippen molar-refractivity contribution in [3.8, 4) is 0 Å². The number of rotatable bonds is 5. The summed E-state index contributed by atoms with van der Waals surface area (Å²) in [6.45, 7) is 7.69. The summed E-state index contributed by atoms with van der Waals surface area (Å²) >= 11 is 0. The van der Waals surface area contributed by atoms with Crippen LogP contribution in [0.3, 0.4) is 0 Å². The quantitative estimate of drug-likeness (QED) is 0.748. The Labute approximate surface area is 141 Å². The Bertz CT molecular complexity index is 716. The molecule has 0 aliphatic rings. The first-order valence-electron chi connectivity index (χ1n) is 7.33. The average Bonchev–Trinajstić information content (AvgIpc) is 2.47. The van der Waals surface area contributed by atoms with Crippen LogP contribution in [0.15, 0.2) is 42.5 Å². The first kappa shape index (κ1) is 19.8. The second-order valence-corrected chi connectivity index (χ2v) is 7.67. The lowest BCUT2D eigenvalue weighted by atomic mass is 10.0. The van der Waals surface area contributed by atoms with Crippen molar-refractivity contribution in [3.63, 3.8) is 0 Å². The van der Waals surface area contributed by atoms with Crippen LogP contribution < -0.4 is 5.30 Å². The van der Waals surface area contributed by atoms with Gasteiger partial charge in [-0.05, 0) is 51.0 Å². The van der Waals surface area contributed by atoms with E-state index in [0.717, 1.165) is 16.7 Å². The SMILES string of the molecule is CCOP(=O)(C(=O)c1c(C)cc(C)cc1C)c1ccccc1.P. The molecule has 0 fully saturated rings. The van der Waals surface area contributed by atoms with Crippen molar-refractivity contribution in [2.45, 2.75) is 27.7 Å². The van der Waals surface area contributed by atoms with Crippen LogP contribution in [0.1, 0.15) is 34.0 Å². The lowest BCUT2D eigenvalue weighted by Crippen LogP contribution is -2.17. The number of hydrogen-bond acceptors (Lipinski definition) is 3. The molecule has 0 saturated heterocycles. The zero-order valence-electron chi connectivity index (χ0n) is 14.1. The van der Waals surface area contributed by atoms with Crippen LogP contribution in [-0.4, -0.2) is 12.1 Å². The van der Waals surface area contributed by atoms with E-state index in [1.165, 1.54) is 0 Å². The van der Waals surface area contributed by atoms with Gasteiger partial charge in [0.2, 0.25) is 0 Å². The van der Waals surface area contributed by atoms with Gasteiger partial charge in [0.05, 0.1) is 6.61 Å². The van der Waals surface area contributed by atoms with Gasteiger partial charge in [0.25, 0.3) is 5.52 Å². The summed E-state index contributed by atoms with van der Waals surface area (Å²) in [4.78, 5) is 13.0. The van der Waals surface area contributed by atoms with Gasteiger partial charge in [-0.1, -0.05) is 35.9 Å². The topological polar surface area (TPSA) is 43.4 Å². The van der Waals surface area contributed by atoms with Crippen molar-refractivity contribution in [3.05, 3.63) is 64.7 Å². The number of carbonyl (C=O) groups excluding carboxylic acids is 1. The zero-order valence-corrected chi connectivity index (χ0v) is 16.4. The maximum Gasteiger partial charge on any atom is 0.300 e. The highest BCUT2D eigenvalue weighted by Gasteiger charge is 2.37. The maximum atomic E-state index is 13.3. The van der Waals surface area contributed by atoms with E-state index in [-0.39, 0.29) is 16.5 Å². The Morgan fingerprint density at radius 1 is 1.04 bits per heavy atom. The van der Waals surface area contributed by atoms with Crippen LogP contribution >= 0.6 is 17.3 Å². The first-order valence-corrected chi connectivity index (χ1v) is 8.95. The van der Waals surface area contributed by atoms with Crippen LogP contribution in [0.25, 0.3) is 0 Å². The minimum Gasteiger partial charge on any atom is -0.320 e. The highest BCUT2D eigenvalue weighted by molar-refractivity contribution is 7.83. The van der Waals surface area contributed by atoms with Crippen LogP contribution in [0, 0.1) is 20.8 Å². The van der Waals surface area contributed by atoms with Gasteiger partial charge in [0.1, 0.15) is 0 Å². The highest BCUT2D eigenvalue weighted by atomic mass is 31.2. The molecule has 0 radical (unpaired) electrons. The fourth-order valence-corrected chi connectivity index (χ4v) is 4.80. The largest absolute Gasteiger partial charge is 0.320 e. The molecule has 0 bridgehead atoms. The van der Waals surface area contributed by atoms with E-state index in [1.807, 2.05) is 39.0 Å². The molecule has 23 heavy (non-hydrogen) atoms. The van der Waals surface area contributed by atoms with E-state index >= 15 is 0 Å². The molecular formula is C18H24O3P2. The van der Waals surface area contributed by atoms with E-state index in [2.05, 4.69) is 0 Å². The van der Waals surface area contributed by atoms with E-state index in [4.69, 9.17) is 4.52 Å². The van der Waals surface area contributed by atoms with Crippen molar-refractivity contribution >= 4 is 28.1 Å². The van der Waals surface area contributed by atoms with Crippen LogP contribution in [-0.2, 0) is 9.09 Å². The number of aryl methyl sites for hydroxylation is 3. The molecule has 3 nitrogen and oxygen atoms in total. The summed E-state index contributed by atoms with van der Waals surface area (Å²) in [7, 11) is -3.59. The van der Waals surface area contributed by atoms with Gasteiger partial charge < -0.3 is 4.52 Å². The monoisotopic (exact) mass is 350 g/mol. The van der Waals surface area contributed by atoms with Crippen LogP contribution in [0.5, 0.6) is 0 Å². The number of hydrogen-bond donors (Lipinski definition) is 0. The average molecular weight is 350 g/mol. The van der Waals surface area contributed by atoms with Gasteiger partial charge in [0, 0.05) is 10.9 Å². The molecule has 0 spiro atoms. The molecule has 2 unspecified atom stereocenters. The van der Waals surface area contributed by atoms with Crippen LogP contribution in [0.2, 0.25) is 0 Å². The van der Waals surface area contributed by atoms with E-state index in [9.17, 15) is 9.36 Å². The van der Waals surface area contributed by atoms with Gasteiger partial charge in [-0.2, -0.15) is 9.90 Å². The molecule has 0 saturated carbocycles. The van der Waals surface area contributed by atoms with E-state index < -0.39 is 12.9 Å². The zero-order chi connectivity index (χ0) is 16.3. The molecule has 0 aromatic heterocycles. The molecule has 2 rings (SSSR count). The molecule has 0 aliphatic carbocycles. The standard InChI is InChI=1S/C18H21O3P.H3P/c1-5-21-22(20,16-9-7-6-8-10-16)18(19)17-14(3)11-13(2)12-15(17)4;/h6-12H,5H2,1-4H3;1H3. The van der Waals surface area contributed by atoms with Crippen molar-refractivity contribution in [1.29, 1.82) is 0 Å². The van der Waals surface area contributed by atoms with Crippen LogP contribution in [0.4, 0.5) is 0 Å². The minimum absolute atomic E-state index is 0. The number of benzene rings is 2. The van der Waals surface area contributed by atoms with Crippen molar-refractivity contribution in [1.82, 2.24) is 0 Å². The Morgan fingerprint density at radius 2 is 1.57 bits per heavy atom. The van der Waals surface area contributed by atoms with Gasteiger partial charge in [0.15, 0.2) is 0 Å². The Morgan fingerprint density at radius 3 is 2.04 bits per heavy atom. The van der Waals surface area contributed by atoms with Gasteiger partial charge in [-0.25, -0.2) is 0 Å². The summed E-state index contributed by atoms with van der Waals surface area (Å²) in [6.07, 6.45) is 0. The molecule has 0 aliphatic heterocycles. The normalized spacial score (nSPS) is 13.0. The van der Waals surface area contributed by atoms with E-state index in [1.54, 1.807) is 31.2 Å². The summed E-state index contributed by atoms with van der Waals surface area (Å²) in [5, 5.41) is 0.446. The fourth-order valence-electron chi connectivity index (χ4n) is 2.72. The minimum atomic E-state index is -3.59. The second-order valence-electron chi connectivity index (χ2n) is 5.38. The molecule has 0 amide bonds. The molecule has 0 heterocycles. The van der Waals surface area contributed by atoms with Gasteiger partial charge in [-0.15, -0.1) is 0 Å². The molecule has 2 aromatic carbocycles.